The molecule has 100 valence electrons. The van der Waals surface area contributed by atoms with E-state index in [-0.39, 0.29) is 5.92 Å². The van der Waals surface area contributed by atoms with E-state index in [0.29, 0.717) is 18.5 Å². The minimum Gasteiger partial charge on any atom is -0.335 e. The summed E-state index contributed by atoms with van der Waals surface area (Å²) >= 11 is 1.69. The first-order valence-electron chi connectivity index (χ1n) is 6.74. The Balaban J connectivity index is 1.94. The summed E-state index contributed by atoms with van der Waals surface area (Å²) in [4.78, 5) is 14.5. The van der Waals surface area contributed by atoms with E-state index < -0.39 is 0 Å². The number of thiophene rings is 1. The second kappa shape index (κ2) is 6.34. The molecule has 1 amide bonds. The fourth-order valence-electron chi connectivity index (χ4n) is 2.18. The molecule has 1 fully saturated rings. The number of rotatable bonds is 7. The average molecular weight is 266 g/mol. The van der Waals surface area contributed by atoms with Gasteiger partial charge in [-0.25, -0.2) is 0 Å². The standard InChI is InChI=1S/C14H22N2OS/c1-11(3-2-7-15)14(17)16(13-4-5-13)9-12-6-8-18-10-12/h6,8,10-11,13H,2-5,7,9,15H2,1H3. The maximum atomic E-state index is 12.4. The summed E-state index contributed by atoms with van der Waals surface area (Å²) in [5.74, 6) is 0.407. The van der Waals surface area contributed by atoms with Crippen LogP contribution in [-0.2, 0) is 11.3 Å². The molecule has 1 aliphatic rings. The molecule has 1 aliphatic carbocycles. The maximum absolute atomic E-state index is 12.4. The van der Waals surface area contributed by atoms with Crippen molar-refractivity contribution in [3.63, 3.8) is 0 Å². The van der Waals surface area contributed by atoms with Gasteiger partial charge in [-0.3, -0.25) is 4.79 Å². The molecule has 0 aliphatic heterocycles. The van der Waals surface area contributed by atoms with Crippen molar-refractivity contribution in [2.45, 2.75) is 45.2 Å². The van der Waals surface area contributed by atoms with E-state index in [1.807, 2.05) is 6.92 Å². The van der Waals surface area contributed by atoms with Gasteiger partial charge in [0, 0.05) is 18.5 Å². The second-order valence-corrected chi connectivity index (χ2v) is 5.94. The molecule has 1 saturated carbocycles. The van der Waals surface area contributed by atoms with Gasteiger partial charge >= 0.3 is 0 Å². The molecule has 3 nitrogen and oxygen atoms in total. The van der Waals surface area contributed by atoms with Crippen LogP contribution in [0.2, 0.25) is 0 Å². The van der Waals surface area contributed by atoms with Crippen molar-refractivity contribution in [3.8, 4) is 0 Å². The summed E-state index contributed by atoms with van der Waals surface area (Å²) in [7, 11) is 0. The zero-order valence-corrected chi connectivity index (χ0v) is 11.8. The Hall–Kier alpha value is -0.870. The smallest absolute Gasteiger partial charge is 0.225 e. The molecule has 1 heterocycles. The van der Waals surface area contributed by atoms with E-state index in [9.17, 15) is 4.79 Å². The lowest BCUT2D eigenvalue weighted by atomic mass is 10.0. The van der Waals surface area contributed by atoms with Crippen LogP contribution in [0.5, 0.6) is 0 Å². The Morgan fingerprint density at radius 2 is 2.39 bits per heavy atom. The Morgan fingerprint density at radius 1 is 1.61 bits per heavy atom. The lowest BCUT2D eigenvalue weighted by Crippen LogP contribution is -2.36. The van der Waals surface area contributed by atoms with Crippen LogP contribution in [0.15, 0.2) is 16.8 Å². The average Bonchev–Trinajstić information content (AvgIpc) is 3.09. The van der Waals surface area contributed by atoms with Gasteiger partial charge in [0.15, 0.2) is 0 Å². The van der Waals surface area contributed by atoms with Gasteiger partial charge in [-0.1, -0.05) is 6.92 Å². The van der Waals surface area contributed by atoms with Crippen LogP contribution in [0, 0.1) is 5.92 Å². The molecule has 4 heteroatoms. The number of nitrogens with two attached hydrogens (primary N) is 1. The summed E-state index contributed by atoms with van der Waals surface area (Å²) < 4.78 is 0. The van der Waals surface area contributed by atoms with Gasteiger partial charge in [-0.2, -0.15) is 11.3 Å². The lowest BCUT2D eigenvalue weighted by molar-refractivity contribution is -0.136. The van der Waals surface area contributed by atoms with Crippen LogP contribution in [0.1, 0.15) is 38.2 Å². The summed E-state index contributed by atoms with van der Waals surface area (Å²) in [6.07, 6.45) is 4.17. The molecule has 1 atom stereocenters. The van der Waals surface area contributed by atoms with Crippen molar-refractivity contribution in [1.82, 2.24) is 4.90 Å². The van der Waals surface area contributed by atoms with Crippen molar-refractivity contribution >= 4 is 17.2 Å². The second-order valence-electron chi connectivity index (χ2n) is 5.16. The van der Waals surface area contributed by atoms with Gasteiger partial charge in [0.1, 0.15) is 0 Å². The predicted molar refractivity (Wildman–Crippen MR) is 75.3 cm³/mol. The van der Waals surface area contributed by atoms with Crippen LogP contribution >= 0.6 is 11.3 Å². The van der Waals surface area contributed by atoms with Crippen molar-refractivity contribution in [2.75, 3.05) is 6.54 Å². The summed E-state index contributed by atoms with van der Waals surface area (Å²) in [5, 5.41) is 4.20. The SMILES string of the molecule is CC(CCCN)C(=O)N(Cc1ccsc1)C1CC1. The van der Waals surface area contributed by atoms with E-state index in [1.54, 1.807) is 11.3 Å². The molecule has 1 aromatic heterocycles. The number of amides is 1. The quantitative estimate of drug-likeness (QED) is 0.824. The minimum atomic E-state index is 0.104. The van der Waals surface area contributed by atoms with Crippen LogP contribution in [0.25, 0.3) is 0 Å². The van der Waals surface area contributed by atoms with E-state index in [4.69, 9.17) is 5.73 Å². The summed E-state index contributed by atoms with van der Waals surface area (Å²) in [5.41, 5.74) is 6.77. The molecular formula is C14H22N2OS. The van der Waals surface area contributed by atoms with Crippen LogP contribution < -0.4 is 5.73 Å². The van der Waals surface area contributed by atoms with E-state index in [0.717, 1.165) is 19.4 Å². The Morgan fingerprint density at radius 3 is 2.94 bits per heavy atom. The highest BCUT2D eigenvalue weighted by Gasteiger charge is 2.34. The highest BCUT2D eigenvalue weighted by atomic mass is 32.1. The molecule has 0 radical (unpaired) electrons. The van der Waals surface area contributed by atoms with E-state index >= 15 is 0 Å². The van der Waals surface area contributed by atoms with Gasteiger partial charge in [-0.05, 0) is 54.6 Å². The van der Waals surface area contributed by atoms with Crippen LogP contribution in [0.3, 0.4) is 0 Å². The number of hydrogen-bond acceptors (Lipinski definition) is 3. The van der Waals surface area contributed by atoms with Crippen molar-refractivity contribution in [1.29, 1.82) is 0 Å². The topological polar surface area (TPSA) is 46.3 Å². The van der Waals surface area contributed by atoms with Crippen LogP contribution in [0.4, 0.5) is 0 Å². The number of carbonyl (C=O) groups excluding carboxylic acids is 1. The number of hydrogen-bond donors (Lipinski definition) is 1. The summed E-state index contributed by atoms with van der Waals surface area (Å²) in [6, 6.07) is 2.59. The molecule has 18 heavy (non-hydrogen) atoms. The Labute approximate surface area is 113 Å². The van der Waals surface area contributed by atoms with Gasteiger partial charge in [0.2, 0.25) is 5.91 Å². The molecule has 1 aromatic rings. The third-order valence-electron chi connectivity index (χ3n) is 3.47. The first-order valence-corrected chi connectivity index (χ1v) is 7.68. The van der Waals surface area contributed by atoms with Gasteiger partial charge < -0.3 is 10.6 Å². The number of nitrogens with zero attached hydrogens (tertiary/aromatic N) is 1. The van der Waals surface area contributed by atoms with Crippen molar-refractivity contribution in [3.05, 3.63) is 22.4 Å². The minimum absolute atomic E-state index is 0.104. The molecule has 0 spiro atoms. The van der Waals surface area contributed by atoms with Gasteiger partial charge in [-0.15, -0.1) is 0 Å². The van der Waals surface area contributed by atoms with E-state index in [2.05, 4.69) is 21.7 Å². The molecule has 0 aromatic carbocycles. The Bertz CT molecular complexity index is 373. The summed E-state index contributed by atoms with van der Waals surface area (Å²) in [6.45, 7) is 3.48. The first kappa shape index (κ1) is 13.6. The van der Waals surface area contributed by atoms with Crippen molar-refractivity contribution < 1.29 is 4.79 Å². The third kappa shape index (κ3) is 3.56. The van der Waals surface area contributed by atoms with Crippen LogP contribution in [-0.4, -0.2) is 23.4 Å². The number of carbonyl (C=O) groups is 1. The zero-order valence-electron chi connectivity index (χ0n) is 11.0. The monoisotopic (exact) mass is 266 g/mol. The molecule has 0 bridgehead atoms. The van der Waals surface area contributed by atoms with Gasteiger partial charge in [0.05, 0.1) is 0 Å². The fourth-order valence-corrected chi connectivity index (χ4v) is 2.84. The fraction of sp³-hybridized carbons (Fsp3) is 0.643. The predicted octanol–water partition coefficient (Wildman–Crippen LogP) is 2.61. The molecular weight excluding hydrogens is 244 g/mol. The highest BCUT2D eigenvalue weighted by Crippen LogP contribution is 2.30. The van der Waals surface area contributed by atoms with Gasteiger partial charge in [0.25, 0.3) is 0 Å². The van der Waals surface area contributed by atoms with E-state index in [1.165, 1.54) is 18.4 Å². The normalized spacial score (nSPS) is 16.6. The maximum Gasteiger partial charge on any atom is 0.225 e. The highest BCUT2D eigenvalue weighted by molar-refractivity contribution is 7.07. The third-order valence-corrected chi connectivity index (χ3v) is 4.20. The molecule has 1 unspecified atom stereocenters. The molecule has 2 rings (SSSR count). The molecule has 0 saturated heterocycles. The first-order chi connectivity index (χ1) is 8.72. The largest absolute Gasteiger partial charge is 0.335 e. The van der Waals surface area contributed by atoms with Crippen molar-refractivity contribution in [2.24, 2.45) is 11.7 Å². The lowest BCUT2D eigenvalue weighted by Gasteiger charge is -2.25. The molecule has 2 N–H and O–H groups in total. The Kier molecular flexibility index (Phi) is 4.78. The zero-order chi connectivity index (χ0) is 13.0.